The molecular formula is C19H20. The molecule has 0 radical (unpaired) electrons. The summed E-state index contributed by atoms with van der Waals surface area (Å²) < 4.78 is 0. The summed E-state index contributed by atoms with van der Waals surface area (Å²) in [5.74, 6) is 0.456. The quantitative estimate of drug-likeness (QED) is 0.654. The van der Waals surface area contributed by atoms with Gasteiger partial charge in [-0.25, -0.2) is 0 Å². The van der Waals surface area contributed by atoms with Crippen molar-refractivity contribution in [3.63, 3.8) is 0 Å². The maximum Gasteiger partial charge on any atom is 0.00867 e. The van der Waals surface area contributed by atoms with Crippen molar-refractivity contribution in [1.29, 1.82) is 0 Å². The first-order valence-corrected chi connectivity index (χ1v) is 6.73. The van der Waals surface area contributed by atoms with Crippen LogP contribution in [0.1, 0.15) is 41.5 Å². The lowest BCUT2D eigenvalue weighted by Gasteiger charge is -2.16. The van der Waals surface area contributed by atoms with E-state index in [-0.39, 0.29) is 0 Å². The molecule has 0 amide bonds. The van der Waals surface area contributed by atoms with Gasteiger partial charge in [0.1, 0.15) is 0 Å². The van der Waals surface area contributed by atoms with E-state index in [0.29, 0.717) is 5.92 Å². The zero-order chi connectivity index (χ0) is 13.7. The molecule has 19 heavy (non-hydrogen) atoms. The summed E-state index contributed by atoms with van der Waals surface area (Å²) in [6.45, 7) is 9.82. The molecule has 96 valence electrons. The fourth-order valence-electron chi connectivity index (χ4n) is 2.39. The van der Waals surface area contributed by atoms with Crippen LogP contribution in [0.5, 0.6) is 0 Å². The molecule has 0 aliphatic carbocycles. The maximum absolute atomic E-state index is 3.79. The Morgan fingerprint density at radius 3 is 1.42 bits per heavy atom. The molecule has 2 rings (SSSR count). The van der Waals surface area contributed by atoms with Gasteiger partial charge in [0.05, 0.1) is 0 Å². The summed E-state index contributed by atoms with van der Waals surface area (Å²) in [5, 5.41) is 0. The van der Waals surface area contributed by atoms with Gasteiger partial charge in [0.25, 0.3) is 0 Å². The van der Waals surface area contributed by atoms with Crippen molar-refractivity contribution in [3.05, 3.63) is 83.9 Å². The van der Waals surface area contributed by atoms with E-state index in [0.717, 1.165) is 6.42 Å². The largest absolute Gasteiger partial charge is 0.0985 e. The van der Waals surface area contributed by atoms with Crippen molar-refractivity contribution in [2.75, 3.05) is 0 Å². The van der Waals surface area contributed by atoms with Gasteiger partial charge in [0, 0.05) is 5.92 Å². The lowest BCUT2D eigenvalue weighted by atomic mass is 9.88. The topological polar surface area (TPSA) is 0 Å². The van der Waals surface area contributed by atoms with Crippen LogP contribution in [0.3, 0.4) is 0 Å². The second kappa shape index (κ2) is 6.19. The Kier molecular flexibility index (Phi) is 4.35. The third kappa shape index (κ3) is 3.03. The van der Waals surface area contributed by atoms with Gasteiger partial charge in [-0.05, 0) is 28.7 Å². The first-order valence-electron chi connectivity index (χ1n) is 6.73. The molecule has 0 saturated heterocycles. The molecular weight excluding hydrogens is 228 g/mol. The van der Waals surface area contributed by atoms with Gasteiger partial charge in [0.2, 0.25) is 0 Å². The molecule has 0 atom stereocenters. The number of rotatable bonds is 5. The van der Waals surface area contributed by atoms with Gasteiger partial charge in [-0.15, -0.1) is 0 Å². The standard InChI is InChI=1S/C19H20/c1-4-15-7-11-17(12-8-15)19(6-3)18-13-9-16(5-2)10-14-18/h4-5,7-14,19H,1-2,6H2,3H3. The molecule has 0 N–H and O–H groups in total. The molecule has 0 bridgehead atoms. The smallest absolute Gasteiger partial charge is 0.00867 e. The summed E-state index contributed by atoms with van der Waals surface area (Å²) in [5.41, 5.74) is 5.06. The lowest BCUT2D eigenvalue weighted by molar-refractivity contribution is 0.777. The minimum absolute atomic E-state index is 0.456. The van der Waals surface area contributed by atoms with E-state index in [4.69, 9.17) is 0 Å². The van der Waals surface area contributed by atoms with E-state index >= 15 is 0 Å². The van der Waals surface area contributed by atoms with Crippen LogP contribution >= 0.6 is 0 Å². The van der Waals surface area contributed by atoms with Gasteiger partial charge < -0.3 is 0 Å². The van der Waals surface area contributed by atoms with Crippen LogP contribution in [-0.2, 0) is 0 Å². The first kappa shape index (κ1) is 13.4. The Hall–Kier alpha value is -2.08. The Labute approximate surface area is 116 Å². The van der Waals surface area contributed by atoms with E-state index < -0.39 is 0 Å². The van der Waals surface area contributed by atoms with Gasteiger partial charge >= 0.3 is 0 Å². The van der Waals surface area contributed by atoms with Crippen LogP contribution in [0, 0.1) is 0 Å². The first-order chi connectivity index (χ1) is 9.28. The van der Waals surface area contributed by atoms with Crippen molar-refractivity contribution in [2.45, 2.75) is 19.3 Å². The second-order valence-electron chi connectivity index (χ2n) is 4.70. The summed E-state index contributed by atoms with van der Waals surface area (Å²) >= 11 is 0. The minimum Gasteiger partial charge on any atom is -0.0985 e. The molecule has 2 aromatic carbocycles. The highest BCUT2D eigenvalue weighted by Crippen LogP contribution is 2.28. The fraction of sp³-hybridized carbons (Fsp3) is 0.158. The third-order valence-corrected chi connectivity index (χ3v) is 3.56. The molecule has 0 unspecified atom stereocenters. The number of benzene rings is 2. The van der Waals surface area contributed by atoms with Gasteiger partial charge in [-0.3, -0.25) is 0 Å². The average Bonchev–Trinajstić information content (AvgIpc) is 2.49. The third-order valence-electron chi connectivity index (χ3n) is 3.56. The fourth-order valence-corrected chi connectivity index (χ4v) is 2.39. The molecule has 0 aliphatic heterocycles. The monoisotopic (exact) mass is 248 g/mol. The molecule has 2 aromatic rings. The van der Waals surface area contributed by atoms with Crippen LogP contribution in [0.2, 0.25) is 0 Å². The molecule has 0 spiro atoms. The van der Waals surface area contributed by atoms with E-state index in [9.17, 15) is 0 Å². The maximum atomic E-state index is 3.79. The van der Waals surface area contributed by atoms with Crippen LogP contribution in [-0.4, -0.2) is 0 Å². The number of hydrogen-bond acceptors (Lipinski definition) is 0. The normalized spacial score (nSPS) is 10.4. The summed E-state index contributed by atoms with van der Waals surface area (Å²) in [7, 11) is 0. The predicted molar refractivity (Wildman–Crippen MR) is 85.2 cm³/mol. The average molecular weight is 248 g/mol. The van der Waals surface area contributed by atoms with Gasteiger partial charge in [0.15, 0.2) is 0 Å². The van der Waals surface area contributed by atoms with Crippen molar-refractivity contribution in [2.24, 2.45) is 0 Å². The summed E-state index contributed by atoms with van der Waals surface area (Å²) in [6, 6.07) is 17.3. The Balaban J connectivity index is 2.31. The van der Waals surface area contributed by atoms with Gasteiger partial charge in [-0.2, -0.15) is 0 Å². The van der Waals surface area contributed by atoms with Crippen molar-refractivity contribution in [3.8, 4) is 0 Å². The van der Waals surface area contributed by atoms with Crippen LogP contribution < -0.4 is 0 Å². The van der Waals surface area contributed by atoms with Crippen LogP contribution in [0.4, 0.5) is 0 Å². The molecule has 0 aromatic heterocycles. The molecule has 0 saturated carbocycles. The van der Waals surface area contributed by atoms with Crippen LogP contribution in [0.25, 0.3) is 12.2 Å². The van der Waals surface area contributed by atoms with Crippen molar-refractivity contribution >= 4 is 12.2 Å². The van der Waals surface area contributed by atoms with Crippen molar-refractivity contribution in [1.82, 2.24) is 0 Å². The molecule has 0 fully saturated rings. The van der Waals surface area contributed by atoms with Gasteiger partial charge in [-0.1, -0.05) is 80.8 Å². The Bertz CT molecular complexity index is 492. The molecule has 0 nitrogen and oxygen atoms in total. The van der Waals surface area contributed by atoms with Crippen LogP contribution in [0.15, 0.2) is 61.7 Å². The van der Waals surface area contributed by atoms with E-state index in [1.54, 1.807) is 0 Å². The minimum atomic E-state index is 0.456. The molecule has 0 aliphatic rings. The Morgan fingerprint density at radius 1 is 0.789 bits per heavy atom. The lowest BCUT2D eigenvalue weighted by Crippen LogP contribution is -1.99. The highest BCUT2D eigenvalue weighted by atomic mass is 14.2. The van der Waals surface area contributed by atoms with E-state index in [1.807, 2.05) is 12.2 Å². The summed E-state index contributed by atoms with van der Waals surface area (Å²) in [6.07, 6.45) is 4.86. The van der Waals surface area contributed by atoms with Crippen molar-refractivity contribution < 1.29 is 0 Å². The predicted octanol–water partition coefficient (Wildman–Crippen LogP) is 5.51. The highest BCUT2D eigenvalue weighted by Gasteiger charge is 2.11. The molecule has 0 heteroatoms. The Morgan fingerprint density at radius 2 is 1.16 bits per heavy atom. The zero-order valence-corrected chi connectivity index (χ0v) is 11.5. The SMILES string of the molecule is C=Cc1ccc(C(CC)c2ccc(C=C)cc2)cc1. The van der Waals surface area contributed by atoms with E-state index in [1.165, 1.54) is 22.3 Å². The number of hydrogen-bond donors (Lipinski definition) is 0. The summed E-state index contributed by atoms with van der Waals surface area (Å²) in [4.78, 5) is 0. The molecule has 0 heterocycles. The highest BCUT2D eigenvalue weighted by molar-refractivity contribution is 5.50. The second-order valence-corrected chi connectivity index (χ2v) is 4.70. The van der Waals surface area contributed by atoms with E-state index in [2.05, 4.69) is 68.6 Å². The zero-order valence-electron chi connectivity index (χ0n) is 11.5.